The Hall–Kier alpha value is -3.59. The SMILES string of the molecule is CC(C)(C)OC(=O)Cn1nc(Cn2[nH]c3cc(OCC4CC4)c(Cl)cc3c2=O)c2ccccc2c1=O. The summed E-state index contributed by atoms with van der Waals surface area (Å²) in [5.74, 6) is 0.518. The van der Waals surface area contributed by atoms with Crippen molar-refractivity contribution < 1.29 is 14.3 Å². The molecule has 188 valence electrons. The number of nitrogens with zero attached hydrogens (tertiary/aromatic N) is 3. The molecule has 9 nitrogen and oxygen atoms in total. The Morgan fingerprint density at radius 1 is 1.11 bits per heavy atom. The predicted octanol–water partition coefficient (Wildman–Crippen LogP) is 3.87. The highest BCUT2D eigenvalue weighted by Crippen LogP contribution is 2.33. The predicted molar refractivity (Wildman–Crippen MR) is 137 cm³/mol. The van der Waals surface area contributed by atoms with Crippen LogP contribution >= 0.6 is 11.6 Å². The third-order valence-corrected chi connectivity index (χ3v) is 6.22. The molecule has 1 aliphatic carbocycles. The smallest absolute Gasteiger partial charge is 0.328 e. The molecule has 0 spiro atoms. The summed E-state index contributed by atoms with van der Waals surface area (Å²) in [5, 5.41) is 9.33. The summed E-state index contributed by atoms with van der Waals surface area (Å²) >= 11 is 6.38. The molecule has 36 heavy (non-hydrogen) atoms. The summed E-state index contributed by atoms with van der Waals surface area (Å²) in [5.41, 5.74) is -0.342. The summed E-state index contributed by atoms with van der Waals surface area (Å²) in [6.45, 7) is 5.58. The van der Waals surface area contributed by atoms with Crippen molar-refractivity contribution in [2.75, 3.05) is 6.61 Å². The van der Waals surface area contributed by atoms with E-state index in [0.717, 1.165) is 17.5 Å². The maximum atomic E-state index is 13.2. The van der Waals surface area contributed by atoms with Gasteiger partial charge < -0.3 is 9.47 Å². The molecular weight excluding hydrogens is 484 g/mol. The van der Waals surface area contributed by atoms with Gasteiger partial charge in [0.25, 0.3) is 11.1 Å². The average Bonchev–Trinajstić information content (AvgIpc) is 3.59. The van der Waals surface area contributed by atoms with E-state index in [-0.39, 0.29) is 18.6 Å². The first-order valence-corrected chi connectivity index (χ1v) is 12.2. The number of ether oxygens (including phenoxy) is 2. The molecule has 0 unspecified atom stereocenters. The molecule has 2 aromatic carbocycles. The maximum absolute atomic E-state index is 13.2. The summed E-state index contributed by atoms with van der Waals surface area (Å²) in [6, 6.07) is 10.3. The van der Waals surface area contributed by atoms with Gasteiger partial charge in [-0.25, -0.2) is 9.36 Å². The van der Waals surface area contributed by atoms with Gasteiger partial charge in [-0.2, -0.15) is 5.10 Å². The number of carbonyl (C=O) groups excluding carboxylic acids is 1. The molecule has 1 fully saturated rings. The molecule has 0 saturated heterocycles. The van der Waals surface area contributed by atoms with Gasteiger partial charge in [-0.3, -0.25) is 19.5 Å². The van der Waals surface area contributed by atoms with Crippen molar-refractivity contribution in [3.8, 4) is 5.75 Å². The number of fused-ring (bicyclic) bond motifs is 2. The zero-order valence-corrected chi connectivity index (χ0v) is 21.1. The topological polar surface area (TPSA) is 108 Å². The minimum atomic E-state index is -0.694. The van der Waals surface area contributed by atoms with E-state index in [1.54, 1.807) is 57.2 Å². The number of nitrogens with one attached hydrogen (secondary N) is 1. The lowest BCUT2D eigenvalue weighted by Gasteiger charge is -2.19. The van der Waals surface area contributed by atoms with E-state index in [2.05, 4.69) is 10.2 Å². The van der Waals surface area contributed by atoms with Crippen LogP contribution in [0.25, 0.3) is 21.7 Å². The molecule has 0 radical (unpaired) electrons. The van der Waals surface area contributed by atoms with Crippen LogP contribution in [0.2, 0.25) is 5.02 Å². The van der Waals surface area contributed by atoms with Crippen molar-refractivity contribution in [1.82, 2.24) is 19.6 Å². The molecular formula is C26H27ClN4O5. The highest BCUT2D eigenvalue weighted by molar-refractivity contribution is 6.32. The molecule has 1 aliphatic rings. The van der Waals surface area contributed by atoms with Crippen molar-refractivity contribution in [1.29, 1.82) is 0 Å². The molecule has 0 amide bonds. The van der Waals surface area contributed by atoms with Crippen LogP contribution < -0.4 is 15.9 Å². The van der Waals surface area contributed by atoms with Crippen molar-refractivity contribution in [3.63, 3.8) is 0 Å². The number of aromatic nitrogens is 4. The highest BCUT2D eigenvalue weighted by atomic mass is 35.5. The molecule has 1 saturated carbocycles. The van der Waals surface area contributed by atoms with Crippen molar-refractivity contribution in [2.45, 2.75) is 52.3 Å². The van der Waals surface area contributed by atoms with Crippen LogP contribution in [0.1, 0.15) is 39.3 Å². The number of hydrogen-bond acceptors (Lipinski definition) is 6. The fraction of sp³-hybridized carbons (Fsp3) is 0.385. The molecule has 10 heteroatoms. The summed E-state index contributed by atoms with van der Waals surface area (Å²) in [4.78, 5) is 38.6. The van der Waals surface area contributed by atoms with Crippen molar-refractivity contribution in [3.05, 3.63) is 67.8 Å². The highest BCUT2D eigenvalue weighted by Gasteiger charge is 2.23. The monoisotopic (exact) mass is 510 g/mol. The normalized spacial score (nSPS) is 13.9. The van der Waals surface area contributed by atoms with Gasteiger partial charge in [0.05, 0.1) is 40.2 Å². The fourth-order valence-electron chi connectivity index (χ4n) is 4.05. The zero-order chi connectivity index (χ0) is 25.6. The third-order valence-electron chi connectivity index (χ3n) is 5.93. The van der Waals surface area contributed by atoms with E-state index in [1.165, 1.54) is 4.68 Å². The van der Waals surface area contributed by atoms with Gasteiger partial charge in [-0.15, -0.1) is 0 Å². The number of rotatable bonds is 7. The summed E-state index contributed by atoms with van der Waals surface area (Å²) < 4.78 is 13.7. The summed E-state index contributed by atoms with van der Waals surface area (Å²) in [6.07, 6.45) is 2.31. The van der Waals surface area contributed by atoms with Crippen LogP contribution in [-0.4, -0.2) is 37.7 Å². The molecule has 4 aromatic rings. The van der Waals surface area contributed by atoms with Gasteiger partial charge >= 0.3 is 5.97 Å². The van der Waals surface area contributed by atoms with Gasteiger partial charge in [0.15, 0.2) is 0 Å². The number of benzene rings is 2. The molecule has 1 N–H and O–H groups in total. The van der Waals surface area contributed by atoms with Crippen LogP contribution in [0.3, 0.4) is 0 Å². The Bertz CT molecular complexity index is 1590. The average molecular weight is 511 g/mol. The van der Waals surface area contributed by atoms with Crippen molar-refractivity contribution >= 4 is 39.2 Å². The lowest BCUT2D eigenvalue weighted by molar-refractivity contribution is -0.155. The Morgan fingerprint density at radius 2 is 1.83 bits per heavy atom. The van der Waals surface area contributed by atoms with E-state index in [4.69, 9.17) is 21.1 Å². The first-order chi connectivity index (χ1) is 17.1. The quantitative estimate of drug-likeness (QED) is 0.378. The Labute approximate surface area is 211 Å². The van der Waals surface area contributed by atoms with Gasteiger partial charge in [-0.1, -0.05) is 29.8 Å². The third kappa shape index (κ3) is 5.02. The molecule has 2 heterocycles. The van der Waals surface area contributed by atoms with Crippen LogP contribution in [-0.2, 0) is 22.6 Å². The maximum Gasteiger partial charge on any atom is 0.328 e. The number of hydrogen-bond donors (Lipinski definition) is 1. The lowest BCUT2D eigenvalue weighted by Crippen LogP contribution is -2.33. The van der Waals surface area contributed by atoms with Crippen LogP contribution in [0.5, 0.6) is 5.75 Å². The number of halogens is 1. The molecule has 0 bridgehead atoms. The van der Waals surface area contributed by atoms with E-state index < -0.39 is 17.1 Å². The molecule has 0 aliphatic heterocycles. The van der Waals surface area contributed by atoms with Crippen LogP contribution in [0.4, 0.5) is 0 Å². The second-order valence-corrected chi connectivity index (χ2v) is 10.5. The van der Waals surface area contributed by atoms with Crippen LogP contribution in [0.15, 0.2) is 46.0 Å². The molecule has 2 aromatic heterocycles. The second kappa shape index (κ2) is 9.13. The zero-order valence-electron chi connectivity index (χ0n) is 20.3. The van der Waals surface area contributed by atoms with Gasteiger partial charge in [0, 0.05) is 11.5 Å². The van der Waals surface area contributed by atoms with Crippen molar-refractivity contribution in [2.24, 2.45) is 5.92 Å². The Kier molecular flexibility index (Phi) is 6.12. The first kappa shape index (κ1) is 24.1. The number of esters is 1. The lowest BCUT2D eigenvalue weighted by atomic mass is 10.1. The minimum Gasteiger partial charge on any atom is -0.492 e. The van der Waals surface area contributed by atoms with E-state index in [1.807, 2.05) is 0 Å². The van der Waals surface area contributed by atoms with Gasteiger partial charge in [0.1, 0.15) is 17.9 Å². The standard InChI is InChI=1S/C26H27ClN4O5/c1-26(2,3)36-23(32)13-31-24(33)17-7-5-4-6-16(17)21(29-31)12-30-25(34)18-10-19(27)22(11-20(18)28-30)35-14-15-8-9-15/h4-7,10-11,15,28H,8-9,12-14H2,1-3H3. The summed E-state index contributed by atoms with van der Waals surface area (Å²) in [7, 11) is 0. The largest absolute Gasteiger partial charge is 0.492 e. The number of carbonyl (C=O) groups is 1. The molecule has 0 atom stereocenters. The van der Waals surface area contributed by atoms with Gasteiger partial charge in [-0.05, 0) is 51.7 Å². The van der Waals surface area contributed by atoms with E-state index in [0.29, 0.717) is 50.7 Å². The Balaban J connectivity index is 1.52. The molecule has 5 rings (SSSR count). The fourth-order valence-corrected chi connectivity index (χ4v) is 4.27. The van der Waals surface area contributed by atoms with Gasteiger partial charge in [0.2, 0.25) is 0 Å². The van der Waals surface area contributed by atoms with Crippen LogP contribution in [0, 0.1) is 5.92 Å². The minimum absolute atomic E-state index is 0.0541. The Morgan fingerprint density at radius 3 is 2.53 bits per heavy atom. The van der Waals surface area contributed by atoms with E-state index >= 15 is 0 Å². The van der Waals surface area contributed by atoms with E-state index in [9.17, 15) is 14.4 Å². The second-order valence-electron chi connectivity index (χ2n) is 10.1. The number of H-pyrrole nitrogens is 1. The number of aromatic amines is 1. The first-order valence-electron chi connectivity index (χ1n) is 11.8.